The zero-order valence-corrected chi connectivity index (χ0v) is 19.6. The SMILES string of the molecule is Cc1cc(C)cc(Nc2ncnc3cc(NSCCO)cc(N4CCC5(CC4)CC5)c23)c1. The number of aliphatic hydroxyl groups excluding tert-OH is 1. The summed E-state index contributed by atoms with van der Waals surface area (Å²) in [6.07, 6.45) is 6.95. The Morgan fingerprint density at radius 3 is 2.41 bits per heavy atom. The lowest BCUT2D eigenvalue weighted by Gasteiger charge is -2.35. The molecule has 32 heavy (non-hydrogen) atoms. The number of benzene rings is 2. The summed E-state index contributed by atoms with van der Waals surface area (Å²) in [5, 5.41) is 13.8. The van der Waals surface area contributed by atoms with Gasteiger partial charge in [-0.2, -0.15) is 0 Å². The molecule has 6 nitrogen and oxygen atoms in total. The van der Waals surface area contributed by atoms with E-state index in [0.29, 0.717) is 11.2 Å². The molecule has 0 bridgehead atoms. The maximum absolute atomic E-state index is 9.15. The highest BCUT2D eigenvalue weighted by Gasteiger charge is 2.44. The number of nitrogens with zero attached hydrogens (tertiary/aromatic N) is 3. The van der Waals surface area contributed by atoms with Crippen LogP contribution in [0.2, 0.25) is 0 Å². The zero-order chi connectivity index (χ0) is 22.1. The summed E-state index contributed by atoms with van der Waals surface area (Å²) in [6.45, 7) is 6.52. The second-order valence-electron chi connectivity index (χ2n) is 9.27. The number of aryl methyl sites for hydroxylation is 2. The van der Waals surface area contributed by atoms with Crippen LogP contribution in [0, 0.1) is 19.3 Å². The number of nitrogens with one attached hydrogen (secondary N) is 2. The van der Waals surface area contributed by atoms with Gasteiger partial charge in [-0.15, -0.1) is 0 Å². The third kappa shape index (κ3) is 4.50. The van der Waals surface area contributed by atoms with E-state index in [1.54, 1.807) is 6.33 Å². The predicted octanol–water partition coefficient (Wildman–Crippen LogP) is 5.42. The van der Waals surface area contributed by atoms with Gasteiger partial charge in [0.1, 0.15) is 12.1 Å². The molecule has 3 aromatic rings. The largest absolute Gasteiger partial charge is 0.395 e. The van der Waals surface area contributed by atoms with Crippen molar-refractivity contribution in [2.45, 2.75) is 39.5 Å². The number of fused-ring (bicyclic) bond motifs is 1. The van der Waals surface area contributed by atoms with Crippen LogP contribution in [0.1, 0.15) is 36.8 Å². The van der Waals surface area contributed by atoms with E-state index in [0.717, 1.165) is 41.2 Å². The lowest BCUT2D eigenvalue weighted by atomic mass is 9.93. The van der Waals surface area contributed by atoms with Crippen molar-refractivity contribution in [1.29, 1.82) is 0 Å². The van der Waals surface area contributed by atoms with Crippen molar-refractivity contribution in [3.8, 4) is 0 Å². The number of aromatic nitrogens is 2. The van der Waals surface area contributed by atoms with Crippen LogP contribution in [0.4, 0.5) is 22.9 Å². The van der Waals surface area contributed by atoms with Gasteiger partial charge in [0, 0.05) is 30.2 Å². The van der Waals surface area contributed by atoms with E-state index in [1.165, 1.54) is 54.4 Å². The summed E-state index contributed by atoms with van der Waals surface area (Å²) in [5.74, 6) is 1.49. The Kier molecular flexibility index (Phi) is 5.86. The smallest absolute Gasteiger partial charge is 0.143 e. The lowest BCUT2D eigenvalue weighted by Crippen LogP contribution is -2.34. The molecular weight excluding hydrogens is 418 g/mol. The van der Waals surface area contributed by atoms with Crippen molar-refractivity contribution in [2.24, 2.45) is 5.41 Å². The zero-order valence-electron chi connectivity index (χ0n) is 18.8. The van der Waals surface area contributed by atoms with Crippen molar-refractivity contribution >= 4 is 45.7 Å². The molecule has 1 aromatic heterocycles. The summed E-state index contributed by atoms with van der Waals surface area (Å²) >= 11 is 1.51. The number of aliphatic hydroxyl groups is 1. The van der Waals surface area contributed by atoms with E-state index in [4.69, 9.17) is 5.11 Å². The minimum Gasteiger partial charge on any atom is -0.395 e. The van der Waals surface area contributed by atoms with Crippen molar-refractivity contribution in [1.82, 2.24) is 9.97 Å². The van der Waals surface area contributed by atoms with Crippen LogP contribution in [0.15, 0.2) is 36.7 Å². The van der Waals surface area contributed by atoms with Gasteiger partial charge in [0.15, 0.2) is 0 Å². The lowest BCUT2D eigenvalue weighted by molar-refractivity contribution is 0.322. The number of hydrogen-bond donors (Lipinski definition) is 3. The van der Waals surface area contributed by atoms with Gasteiger partial charge in [-0.05, 0) is 80.3 Å². The number of hydrogen-bond acceptors (Lipinski definition) is 7. The van der Waals surface area contributed by atoms with Crippen LogP contribution in [0.3, 0.4) is 0 Å². The third-order valence-corrected chi connectivity index (χ3v) is 7.47. The first-order valence-corrected chi connectivity index (χ1v) is 12.4. The first-order chi connectivity index (χ1) is 15.5. The second-order valence-corrected chi connectivity index (χ2v) is 10.2. The van der Waals surface area contributed by atoms with Gasteiger partial charge in [-0.3, -0.25) is 0 Å². The van der Waals surface area contributed by atoms with Gasteiger partial charge in [0.2, 0.25) is 0 Å². The second kappa shape index (κ2) is 8.79. The molecule has 0 radical (unpaired) electrons. The van der Waals surface area contributed by atoms with E-state index in [2.05, 4.69) is 69.1 Å². The average Bonchev–Trinajstić information content (AvgIpc) is 3.52. The molecule has 7 heteroatoms. The first kappa shape index (κ1) is 21.3. The molecule has 1 saturated heterocycles. The Balaban J connectivity index is 1.55. The molecule has 0 atom stereocenters. The quantitative estimate of drug-likeness (QED) is 0.328. The molecule has 2 aromatic carbocycles. The molecule has 0 unspecified atom stereocenters. The van der Waals surface area contributed by atoms with Crippen LogP contribution in [-0.4, -0.2) is 40.5 Å². The molecule has 2 fully saturated rings. The van der Waals surface area contributed by atoms with Gasteiger partial charge >= 0.3 is 0 Å². The van der Waals surface area contributed by atoms with Gasteiger partial charge in [0.25, 0.3) is 0 Å². The van der Waals surface area contributed by atoms with E-state index in [1.807, 2.05) is 0 Å². The maximum atomic E-state index is 9.15. The Morgan fingerprint density at radius 1 is 0.969 bits per heavy atom. The monoisotopic (exact) mass is 449 g/mol. The summed E-state index contributed by atoms with van der Waals surface area (Å²) in [4.78, 5) is 11.8. The number of piperidine rings is 1. The van der Waals surface area contributed by atoms with Crippen molar-refractivity contribution < 1.29 is 5.11 Å². The Bertz CT molecular complexity index is 1100. The normalized spacial score (nSPS) is 17.0. The summed E-state index contributed by atoms with van der Waals surface area (Å²) < 4.78 is 3.38. The van der Waals surface area contributed by atoms with Crippen LogP contribution in [0.5, 0.6) is 0 Å². The van der Waals surface area contributed by atoms with Crippen molar-refractivity contribution in [3.05, 3.63) is 47.8 Å². The minimum absolute atomic E-state index is 0.151. The highest BCUT2D eigenvalue weighted by molar-refractivity contribution is 8.00. The molecule has 168 valence electrons. The van der Waals surface area contributed by atoms with Crippen molar-refractivity contribution in [2.75, 3.05) is 40.4 Å². The van der Waals surface area contributed by atoms with Gasteiger partial charge in [-0.25, -0.2) is 9.97 Å². The highest BCUT2D eigenvalue weighted by atomic mass is 32.2. The topological polar surface area (TPSA) is 73.3 Å². The fourth-order valence-electron chi connectivity index (χ4n) is 4.84. The molecule has 1 saturated carbocycles. The van der Waals surface area contributed by atoms with E-state index >= 15 is 0 Å². The van der Waals surface area contributed by atoms with Crippen LogP contribution in [-0.2, 0) is 0 Å². The summed E-state index contributed by atoms with van der Waals surface area (Å²) in [6, 6.07) is 10.8. The summed E-state index contributed by atoms with van der Waals surface area (Å²) in [5.41, 5.74) is 7.23. The van der Waals surface area contributed by atoms with Gasteiger partial charge in [-0.1, -0.05) is 18.0 Å². The number of anilines is 4. The van der Waals surface area contributed by atoms with E-state index < -0.39 is 0 Å². The summed E-state index contributed by atoms with van der Waals surface area (Å²) in [7, 11) is 0. The Hall–Kier alpha value is -2.51. The van der Waals surface area contributed by atoms with E-state index in [9.17, 15) is 0 Å². The van der Waals surface area contributed by atoms with Crippen LogP contribution < -0.4 is 14.9 Å². The fraction of sp³-hybridized carbons (Fsp3) is 0.440. The molecule has 1 aliphatic carbocycles. The average molecular weight is 450 g/mol. The predicted molar refractivity (Wildman–Crippen MR) is 135 cm³/mol. The molecular formula is C25H31N5OS. The molecule has 1 spiro atoms. The van der Waals surface area contributed by atoms with Gasteiger partial charge < -0.3 is 20.0 Å². The standard InChI is InChI=1S/C25H31N5OS/c1-17-11-18(2)13-19(12-17)28-24-23-21(26-16-27-24)14-20(29-32-10-9-31)15-22(23)30-7-5-25(3-4-25)6-8-30/h11-16,29,31H,3-10H2,1-2H3,(H,26,27,28). The molecule has 3 N–H and O–H groups in total. The maximum Gasteiger partial charge on any atom is 0.143 e. The van der Waals surface area contributed by atoms with E-state index in [-0.39, 0.29) is 6.61 Å². The van der Waals surface area contributed by atoms with Crippen LogP contribution in [0.25, 0.3) is 10.9 Å². The molecule has 2 heterocycles. The molecule has 0 amide bonds. The minimum atomic E-state index is 0.151. The molecule has 2 aliphatic rings. The highest BCUT2D eigenvalue weighted by Crippen LogP contribution is 2.54. The number of rotatable bonds is 7. The first-order valence-electron chi connectivity index (χ1n) is 11.4. The fourth-order valence-corrected chi connectivity index (χ4v) is 5.31. The molecule has 5 rings (SSSR count). The van der Waals surface area contributed by atoms with Crippen molar-refractivity contribution in [3.63, 3.8) is 0 Å². The van der Waals surface area contributed by atoms with Gasteiger partial charge in [0.05, 0.1) is 23.2 Å². The van der Waals surface area contributed by atoms with Crippen LogP contribution >= 0.6 is 11.9 Å². The third-order valence-electron chi connectivity index (χ3n) is 6.71. The Morgan fingerprint density at radius 2 is 1.72 bits per heavy atom. The molecule has 1 aliphatic heterocycles. The Labute approximate surface area is 194 Å².